The van der Waals surface area contributed by atoms with Crippen LogP contribution in [-0.2, 0) is 0 Å². The van der Waals surface area contributed by atoms with Crippen LogP contribution in [0.3, 0.4) is 0 Å². The third-order valence-electron chi connectivity index (χ3n) is 5.75. The number of amides is 1. The Hall–Kier alpha value is -2.99. The van der Waals surface area contributed by atoms with E-state index in [9.17, 15) is 9.59 Å². The molecule has 0 unspecified atom stereocenters. The van der Waals surface area contributed by atoms with Gasteiger partial charge in [-0.3, -0.25) is 4.79 Å². The van der Waals surface area contributed by atoms with E-state index in [0.717, 1.165) is 30.1 Å². The molecular weight excluding hydrogens is 761 g/mol. The molecule has 6 nitrogen and oxygen atoms in total. The first kappa shape index (κ1) is 27.6. The molecule has 10 heteroatoms. The van der Waals surface area contributed by atoms with Crippen molar-refractivity contribution in [2.75, 3.05) is 0 Å². The first-order valence-corrected chi connectivity index (χ1v) is 14.5. The molecule has 4 aromatic carbocycles. The van der Waals surface area contributed by atoms with Crippen LogP contribution < -0.4 is 10.2 Å². The lowest BCUT2D eigenvalue weighted by Gasteiger charge is -2.11. The molecule has 1 aromatic heterocycles. The van der Waals surface area contributed by atoms with Gasteiger partial charge in [0.15, 0.2) is 5.75 Å². The molecule has 0 atom stereocenters. The Morgan fingerprint density at radius 2 is 1.72 bits per heavy atom. The summed E-state index contributed by atoms with van der Waals surface area (Å²) in [6, 6.07) is 25.7. The second-order valence-electron chi connectivity index (χ2n) is 8.31. The second kappa shape index (κ2) is 12.0. The summed E-state index contributed by atoms with van der Waals surface area (Å²) in [6.07, 6.45) is 1.41. The quantitative estimate of drug-likeness (QED) is 0.0596. The minimum atomic E-state index is -0.623. The van der Waals surface area contributed by atoms with Crippen LogP contribution >= 0.6 is 66.1 Å². The van der Waals surface area contributed by atoms with Gasteiger partial charge in [-0.15, -0.1) is 0 Å². The Kier molecular flexibility index (Phi) is 8.51. The number of nitrogens with one attached hydrogen (secondary N) is 2. The van der Waals surface area contributed by atoms with E-state index in [0.29, 0.717) is 15.7 Å². The molecule has 1 amide bonds. The van der Waals surface area contributed by atoms with Crippen LogP contribution in [0.1, 0.15) is 26.4 Å². The largest absolute Gasteiger partial charge is 0.421 e. The number of rotatable bonds is 6. The number of hydrogen-bond donors (Lipinski definition) is 2. The highest BCUT2D eigenvalue weighted by Gasteiger charge is 2.20. The van der Waals surface area contributed by atoms with Crippen molar-refractivity contribution in [2.24, 2.45) is 5.10 Å². The summed E-state index contributed by atoms with van der Waals surface area (Å²) in [4.78, 5) is 29.4. The van der Waals surface area contributed by atoms with Crippen molar-refractivity contribution in [2.45, 2.75) is 0 Å². The van der Waals surface area contributed by atoms with E-state index < -0.39 is 11.9 Å². The number of aromatic amines is 1. The first-order valence-electron chi connectivity index (χ1n) is 11.5. The van der Waals surface area contributed by atoms with Crippen LogP contribution in [0.5, 0.6) is 5.75 Å². The Labute approximate surface area is 259 Å². The monoisotopic (exact) mass is 775 g/mol. The Balaban J connectivity index is 1.45. The zero-order valence-electron chi connectivity index (χ0n) is 19.8. The summed E-state index contributed by atoms with van der Waals surface area (Å²) in [5.41, 5.74) is 6.20. The number of hydrogen-bond acceptors (Lipinski definition) is 4. The number of esters is 1. The zero-order chi connectivity index (χ0) is 27.5. The zero-order valence-corrected chi connectivity index (χ0v) is 25.9. The first-order chi connectivity index (χ1) is 18.8. The molecule has 0 aliphatic heterocycles. The van der Waals surface area contributed by atoms with Crippen molar-refractivity contribution < 1.29 is 14.3 Å². The van der Waals surface area contributed by atoms with Gasteiger partial charge in [0.2, 0.25) is 0 Å². The summed E-state index contributed by atoms with van der Waals surface area (Å²) < 4.78 is 7.96. The molecule has 0 bridgehead atoms. The summed E-state index contributed by atoms with van der Waals surface area (Å²) in [5, 5.41) is 5.39. The number of halogens is 4. The molecular formula is C29H17Br2ClIN3O3. The summed E-state index contributed by atoms with van der Waals surface area (Å²) >= 11 is 15.3. The van der Waals surface area contributed by atoms with Crippen molar-refractivity contribution in [3.63, 3.8) is 0 Å². The van der Waals surface area contributed by atoms with Gasteiger partial charge in [-0.2, -0.15) is 5.10 Å². The highest BCUT2D eigenvalue weighted by molar-refractivity contribution is 14.1. The van der Waals surface area contributed by atoms with Crippen molar-refractivity contribution in [3.8, 4) is 16.9 Å². The van der Waals surface area contributed by atoms with Gasteiger partial charge in [0.25, 0.3) is 5.91 Å². The minimum Gasteiger partial charge on any atom is -0.421 e. The van der Waals surface area contributed by atoms with E-state index in [-0.39, 0.29) is 16.3 Å². The number of nitrogens with zero attached hydrogens (tertiary/aromatic N) is 1. The van der Waals surface area contributed by atoms with Crippen LogP contribution in [-0.4, -0.2) is 23.1 Å². The average molecular weight is 778 g/mol. The van der Waals surface area contributed by atoms with Gasteiger partial charge in [-0.1, -0.05) is 70.0 Å². The third kappa shape index (κ3) is 6.11. The lowest BCUT2D eigenvalue weighted by Crippen LogP contribution is -2.19. The molecule has 0 aliphatic rings. The van der Waals surface area contributed by atoms with Crippen LogP contribution in [0.2, 0.25) is 5.02 Å². The van der Waals surface area contributed by atoms with Gasteiger partial charge < -0.3 is 9.72 Å². The molecule has 0 radical (unpaired) electrons. The standard InChI is InChI=1S/C29H17Br2ClIN3O3/c30-18-12-17(27(22(31)13-18)39-29(38)20-8-4-5-9-23(20)32)15-34-36-28(37)26-25(16-6-2-1-3-7-16)21-14-19(33)10-11-24(21)35-26/h1-15,35H,(H,36,37). The van der Waals surface area contributed by atoms with E-state index in [4.69, 9.17) is 16.3 Å². The number of hydrazone groups is 1. The lowest BCUT2D eigenvalue weighted by molar-refractivity contribution is 0.0733. The van der Waals surface area contributed by atoms with Crippen molar-refractivity contribution >= 4 is 95.0 Å². The van der Waals surface area contributed by atoms with Crippen molar-refractivity contribution in [1.29, 1.82) is 0 Å². The number of carbonyl (C=O) groups excluding carboxylic acids is 2. The van der Waals surface area contributed by atoms with Crippen LogP contribution in [0.15, 0.2) is 99.0 Å². The van der Waals surface area contributed by atoms with E-state index in [1.807, 2.05) is 48.5 Å². The van der Waals surface area contributed by atoms with Crippen molar-refractivity contribution in [3.05, 3.63) is 119 Å². The molecule has 5 rings (SSSR count). The second-order valence-corrected chi connectivity index (χ2v) is 11.7. The maximum Gasteiger partial charge on any atom is 0.345 e. The third-order valence-corrected chi connectivity index (χ3v) is 7.79. The maximum absolute atomic E-state index is 13.3. The minimum absolute atomic E-state index is 0.228. The fraction of sp³-hybridized carbons (Fsp3) is 0. The Morgan fingerprint density at radius 3 is 2.49 bits per heavy atom. The van der Waals surface area contributed by atoms with E-state index >= 15 is 0 Å². The lowest BCUT2D eigenvalue weighted by atomic mass is 10.0. The van der Waals surface area contributed by atoms with Crippen molar-refractivity contribution in [1.82, 2.24) is 10.4 Å². The molecule has 0 aliphatic carbocycles. The number of H-pyrrole nitrogens is 1. The fourth-order valence-corrected chi connectivity index (χ4v) is 6.06. The van der Waals surface area contributed by atoms with E-state index in [2.05, 4.69) is 70.0 Å². The highest BCUT2D eigenvalue weighted by atomic mass is 127. The number of carbonyl (C=O) groups is 2. The Morgan fingerprint density at radius 1 is 0.974 bits per heavy atom. The normalized spacial score (nSPS) is 11.2. The molecule has 0 spiro atoms. The van der Waals surface area contributed by atoms with E-state index in [1.54, 1.807) is 36.4 Å². The Bertz CT molecular complexity index is 1760. The fourth-order valence-electron chi connectivity index (χ4n) is 4.01. The van der Waals surface area contributed by atoms with Crippen LogP contribution in [0, 0.1) is 3.57 Å². The summed E-state index contributed by atoms with van der Waals surface area (Å²) in [6.45, 7) is 0. The van der Waals surface area contributed by atoms with Gasteiger partial charge in [0.1, 0.15) is 5.69 Å². The maximum atomic E-state index is 13.3. The van der Waals surface area contributed by atoms with Gasteiger partial charge in [-0.05, 0) is 86.5 Å². The highest BCUT2D eigenvalue weighted by Crippen LogP contribution is 2.35. The molecule has 0 saturated heterocycles. The predicted octanol–water partition coefficient (Wildman–Crippen LogP) is 8.60. The summed E-state index contributed by atoms with van der Waals surface area (Å²) in [5.74, 6) is -0.811. The number of ether oxygens (including phenoxy) is 1. The van der Waals surface area contributed by atoms with Gasteiger partial charge >= 0.3 is 5.97 Å². The topological polar surface area (TPSA) is 83.5 Å². The predicted molar refractivity (Wildman–Crippen MR) is 170 cm³/mol. The van der Waals surface area contributed by atoms with Gasteiger partial charge in [0.05, 0.1) is 21.3 Å². The molecule has 0 saturated carbocycles. The van der Waals surface area contributed by atoms with Gasteiger partial charge in [0, 0.05) is 30.1 Å². The number of fused-ring (bicyclic) bond motifs is 1. The molecule has 0 fully saturated rings. The molecule has 2 N–H and O–H groups in total. The van der Waals surface area contributed by atoms with Gasteiger partial charge in [-0.25, -0.2) is 10.2 Å². The summed E-state index contributed by atoms with van der Waals surface area (Å²) in [7, 11) is 0. The average Bonchev–Trinajstić information content (AvgIpc) is 3.30. The molecule has 1 heterocycles. The number of benzene rings is 4. The van der Waals surface area contributed by atoms with Crippen LogP contribution in [0.4, 0.5) is 0 Å². The SMILES string of the molecule is O=C(Oc1c(Br)cc(Br)cc1C=NNC(=O)c1[nH]c2ccc(I)cc2c1-c1ccccc1)c1ccccc1Cl. The van der Waals surface area contributed by atoms with E-state index in [1.165, 1.54) is 6.21 Å². The molecule has 194 valence electrons. The molecule has 39 heavy (non-hydrogen) atoms. The van der Waals surface area contributed by atoms with Crippen LogP contribution in [0.25, 0.3) is 22.0 Å². The molecule has 5 aromatic rings. The number of aromatic nitrogens is 1. The smallest absolute Gasteiger partial charge is 0.345 e.